The third kappa shape index (κ3) is 6.17. The van der Waals surface area contributed by atoms with Crippen molar-refractivity contribution in [2.24, 2.45) is 5.73 Å². The maximum Gasteiger partial charge on any atom is 0.401 e. The number of alkyl halides is 3. The fraction of sp³-hybridized carbons (Fsp3) is 0.533. The average molecular weight is 333 g/mol. The van der Waals surface area contributed by atoms with E-state index in [2.05, 4.69) is 5.32 Å². The number of halogens is 3. The lowest BCUT2D eigenvalue weighted by molar-refractivity contribution is -0.145. The van der Waals surface area contributed by atoms with E-state index in [-0.39, 0.29) is 13.1 Å². The smallest absolute Gasteiger partial charge is 0.390 e. The number of likely N-dealkylation sites (N-methyl/N-ethyl adjacent to an activating group) is 1. The molecule has 130 valence electrons. The number of nitrogens with one attached hydrogen (secondary N) is 1. The number of nitrogens with two attached hydrogens (primary N) is 1. The third-order valence-corrected chi connectivity index (χ3v) is 3.51. The number of benzene rings is 1. The number of primary amides is 1. The van der Waals surface area contributed by atoms with Crippen LogP contribution in [0.5, 0.6) is 0 Å². The first-order valence-corrected chi connectivity index (χ1v) is 7.08. The fourth-order valence-corrected chi connectivity index (χ4v) is 2.22. The summed E-state index contributed by atoms with van der Waals surface area (Å²) in [5, 5.41) is 12.7. The van der Waals surface area contributed by atoms with E-state index in [1.807, 2.05) is 0 Å². The monoisotopic (exact) mass is 333 g/mol. The van der Waals surface area contributed by atoms with Crippen LogP contribution >= 0.6 is 0 Å². The first kappa shape index (κ1) is 19.4. The van der Waals surface area contributed by atoms with Crippen LogP contribution in [0, 0.1) is 0 Å². The number of carbonyl (C=O) groups excluding carboxylic acids is 1. The Labute approximate surface area is 133 Å². The molecule has 1 aromatic carbocycles. The van der Waals surface area contributed by atoms with Crippen LogP contribution in [-0.4, -0.2) is 54.9 Å². The molecule has 0 saturated carbocycles. The molecule has 0 radical (unpaired) electrons. The van der Waals surface area contributed by atoms with Gasteiger partial charge in [0.05, 0.1) is 12.6 Å². The maximum atomic E-state index is 12.3. The second-order valence-electron chi connectivity index (χ2n) is 5.70. The van der Waals surface area contributed by atoms with Crippen LogP contribution in [-0.2, 0) is 10.3 Å². The summed E-state index contributed by atoms with van der Waals surface area (Å²) in [6.45, 7) is 0.194. The van der Waals surface area contributed by atoms with Crippen molar-refractivity contribution in [3.63, 3.8) is 0 Å². The van der Waals surface area contributed by atoms with E-state index in [0.29, 0.717) is 5.56 Å². The van der Waals surface area contributed by atoms with Crippen LogP contribution < -0.4 is 11.1 Å². The normalized spacial score (nSPS) is 16.1. The molecule has 0 fully saturated rings. The van der Waals surface area contributed by atoms with Crippen LogP contribution in [0.4, 0.5) is 13.2 Å². The van der Waals surface area contributed by atoms with Crippen LogP contribution in [0.1, 0.15) is 12.5 Å². The Hall–Kier alpha value is -1.64. The van der Waals surface area contributed by atoms with Gasteiger partial charge in [-0.2, -0.15) is 13.2 Å². The van der Waals surface area contributed by atoms with Gasteiger partial charge in [0.15, 0.2) is 0 Å². The van der Waals surface area contributed by atoms with Crippen LogP contribution in [0.3, 0.4) is 0 Å². The zero-order valence-electron chi connectivity index (χ0n) is 13.1. The first-order chi connectivity index (χ1) is 10.5. The summed E-state index contributed by atoms with van der Waals surface area (Å²) in [5.74, 6) is -0.639. The molecule has 0 spiro atoms. The summed E-state index contributed by atoms with van der Waals surface area (Å²) >= 11 is 0. The van der Waals surface area contributed by atoms with Crippen LogP contribution in [0.2, 0.25) is 0 Å². The van der Waals surface area contributed by atoms with Gasteiger partial charge in [-0.1, -0.05) is 30.3 Å². The summed E-state index contributed by atoms with van der Waals surface area (Å²) in [7, 11) is 1.27. The minimum Gasteiger partial charge on any atom is -0.390 e. The van der Waals surface area contributed by atoms with Gasteiger partial charge in [0.25, 0.3) is 0 Å². The number of aliphatic hydroxyl groups is 1. The van der Waals surface area contributed by atoms with Crippen molar-refractivity contribution < 1.29 is 23.1 Å². The molecular weight excluding hydrogens is 311 g/mol. The zero-order valence-corrected chi connectivity index (χ0v) is 13.1. The maximum absolute atomic E-state index is 12.3. The Bertz CT molecular complexity index is 510. The number of amides is 1. The molecule has 1 amide bonds. The highest BCUT2D eigenvalue weighted by Gasteiger charge is 2.34. The number of rotatable bonds is 8. The summed E-state index contributed by atoms with van der Waals surface area (Å²) < 4.78 is 36.8. The van der Waals surface area contributed by atoms with Gasteiger partial charge in [-0.15, -0.1) is 0 Å². The molecule has 4 N–H and O–H groups in total. The number of carbonyl (C=O) groups is 1. The third-order valence-electron chi connectivity index (χ3n) is 3.51. The number of nitrogens with zero attached hydrogens (tertiary/aromatic N) is 1. The standard InChI is InChI=1S/C15H22F3N3O2/c1-14(13(19)23,11-6-4-3-5-7-11)20-8-12(22)9-21(2)10-15(16,17)18/h3-7,12,20,22H,8-10H2,1-2H3,(H2,19,23). The van der Waals surface area contributed by atoms with E-state index in [0.717, 1.165) is 4.90 Å². The summed E-state index contributed by atoms with van der Waals surface area (Å²) in [6, 6.07) is 8.68. The van der Waals surface area contributed by atoms with E-state index >= 15 is 0 Å². The molecule has 0 saturated heterocycles. The average Bonchev–Trinajstić information content (AvgIpc) is 2.43. The topological polar surface area (TPSA) is 78.6 Å². The summed E-state index contributed by atoms with van der Waals surface area (Å²) in [5.41, 5.74) is 4.83. The van der Waals surface area contributed by atoms with Crippen molar-refractivity contribution in [3.8, 4) is 0 Å². The van der Waals surface area contributed by atoms with E-state index in [4.69, 9.17) is 5.73 Å². The molecule has 0 aromatic heterocycles. The summed E-state index contributed by atoms with van der Waals surface area (Å²) in [6.07, 6.45) is -5.40. The number of aliphatic hydroxyl groups excluding tert-OH is 1. The molecule has 23 heavy (non-hydrogen) atoms. The van der Waals surface area contributed by atoms with Crippen molar-refractivity contribution in [1.82, 2.24) is 10.2 Å². The lowest BCUT2D eigenvalue weighted by Crippen LogP contribution is -2.53. The van der Waals surface area contributed by atoms with Gasteiger partial charge in [0, 0.05) is 13.1 Å². The Morgan fingerprint density at radius 2 is 1.91 bits per heavy atom. The Kier molecular flexibility index (Phi) is 6.55. The molecule has 0 aliphatic carbocycles. The highest BCUT2D eigenvalue weighted by Crippen LogP contribution is 2.20. The molecule has 1 rings (SSSR count). The van der Waals surface area contributed by atoms with Crippen molar-refractivity contribution in [2.45, 2.75) is 24.7 Å². The van der Waals surface area contributed by atoms with Crippen molar-refractivity contribution in [3.05, 3.63) is 35.9 Å². The van der Waals surface area contributed by atoms with Gasteiger partial charge in [-0.3, -0.25) is 15.0 Å². The molecule has 0 aliphatic heterocycles. The van der Waals surface area contributed by atoms with Gasteiger partial charge in [-0.05, 0) is 19.5 Å². The largest absolute Gasteiger partial charge is 0.401 e. The molecule has 0 heterocycles. The number of hydrogen-bond donors (Lipinski definition) is 3. The predicted octanol–water partition coefficient (Wildman–Crippen LogP) is 0.832. The summed E-state index contributed by atoms with van der Waals surface area (Å²) in [4.78, 5) is 12.7. The van der Waals surface area contributed by atoms with Gasteiger partial charge in [0.2, 0.25) is 5.91 Å². The Balaban J connectivity index is 2.64. The Morgan fingerprint density at radius 1 is 1.35 bits per heavy atom. The predicted molar refractivity (Wildman–Crippen MR) is 80.5 cm³/mol. The second-order valence-corrected chi connectivity index (χ2v) is 5.70. The molecule has 2 atom stereocenters. The van der Waals surface area contributed by atoms with Gasteiger partial charge in [0.1, 0.15) is 5.54 Å². The van der Waals surface area contributed by atoms with Crippen LogP contribution in [0.15, 0.2) is 30.3 Å². The molecule has 0 aliphatic rings. The van der Waals surface area contributed by atoms with Gasteiger partial charge >= 0.3 is 6.18 Å². The van der Waals surface area contributed by atoms with E-state index in [1.165, 1.54) is 7.05 Å². The molecule has 0 bridgehead atoms. The fourth-order valence-electron chi connectivity index (χ4n) is 2.22. The second kappa shape index (κ2) is 7.76. The molecule has 5 nitrogen and oxygen atoms in total. The molecular formula is C15H22F3N3O2. The molecule has 8 heteroatoms. The molecule has 2 unspecified atom stereocenters. The van der Waals surface area contributed by atoms with Crippen molar-refractivity contribution in [2.75, 3.05) is 26.7 Å². The minimum atomic E-state index is -4.33. The first-order valence-electron chi connectivity index (χ1n) is 7.08. The minimum absolute atomic E-state index is 0.0729. The van der Waals surface area contributed by atoms with Gasteiger partial charge in [-0.25, -0.2) is 0 Å². The lowest BCUT2D eigenvalue weighted by Gasteiger charge is -2.30. The highest BCUT2D eigenvalue weighted by molar-refractivity contribution is 5.85. The van der Waals surface area contributed by atoms with E-state index in [9.17, 15) is 23.1 Å². The molecule has 1 aromatic rings. The van der Waals surface area contributed by atoms with E-state index < -0.39 is 30.3 Å². The van der Waals surface area contributed by atoms with Crippen molar-refractivity contribution >= 4 is 5.91 Å². The van der Waals surface area contributed by atoms with Gasteiger partial charge < -0.3 is 10.8 Å². The SMILES string of the molecule is CN(CC(O)CNC(C)(C(N)=O)c1ccccc1)CC(F)(F)F. The zero-order chi connectivity index (χ0) is 17.7. The van der Waals surface area contributed by atoms with Crippen LogP contribution in [0.25, 0.3) is 0 Å². The number of hydrogen-bond acceptors (Lipinski definition) is 4. The highest BCUT2D eigenvalue weighted by atomic mass is 19.4. The quantitative estimate of drug-likeness (QED) is 0.658. The Morgan fingerprint density at radius 3 is 2.39 bits per heavy atom. The van der Waals surface area contributed by atoms with E-state index in [1.54, 1.807) is 37.3 Å². The van der Waals surface area contributed by atoms with Crippen molar-refractivity contribution in [1.29, 1.82) is 0 Å². The lowest BCUT2D eigenvalue weighted by atomic mass is 9.91.